The normalized spacial score (nSPS) is 18.9. The molecule has 0 saturated heterocycles. The summed E-state index contributed by atoms with van der Waals surface area (Å²) in [7, 11) is 0. The molecule has 0 aliphatic rings. The molecule has 0 aliphatic carbocycles. The van der Waals surface area contributed by atoms with Crippen molar-refractivity contribution >= 4 is 11.2 Å². The highest BCUT2D eigenvalue weighted by molar-refractivity contribution is 7.91. The van der Waals surface area contributed by atoms with Crippen molar-refractivity contribution in [1.82, 2.24) is 0 Å². The molecular weight excluding hydrogens is 108 g/mol. The van der Waals surface area contributed by atoms with Crippen LogP contribution in [0, 0.1) is 6.92 Å². The lowest BCUT2D eigenvalue weighted by molar-refractivity contribution is 0.588. The van der Waals surface area contributed by atoms with Gasteiger partial charge in [0.25, 0.3) is 0 Å². The second kappa shape index (κ2) is 3.33. The summed E-state index contributed by atoms with van der Waals surface area (Å²) < 4.78 is 10.4. The zero-order valence-corrected chi connectivity index (χ0v) is 5.62. The first-order valence-electron chi connectivity index (χ1n) is 2.30. The van der Waals surface area contributed by atoms with Crippen molar-refractivity contribution < 1.29 is 4.55 Å². The standard InChI is InChI=1S/C5H11OS/c1-4-5(2)7(3)6/h5H,1,4H2,2-3H3. The van der Waals surface area contributed by atoms with E-state index in [0.29, 0.717) is 0 Å². The summed E-state index contributed by atoms with van der Waals surface area (Å²) >= 11 is -0.673. The molecule has 0 aromatic carbocycles. The van der Waals surface area contributed by atoms with Crippen molar-refractivity contribution in [2.75, 3.05) is 6.26 Å². The van der Waals surface area contributed by atoms with Gasteiger partial charge in [0.1, 0.15) is 5.25 Å². The topological polar surface area (TPSA) is 23.1 Å². The third-order valence-electron chi connectivity index (χ3n) is 0.973. The van der Waals surface area contributed by atoms with E-state index in [2.05, 4.69) is 6.92 Å². The van der Waals surface area contributed by atoms with Crippen LogP contribution in [0.2, 0.25) is 0 Å². The van der Waals surface area contributed by atoms with Gasteiger partial charge >= 0.3 is 0 Å². The van der Waals surface area contributed by atoms with Crippen molar-refractivity contribution in [3.8, 4) is 0 Å². The van der Waals surface area contributed by atoms with E-state index < -0.39 is 11.2 Å². The van der Waals surface area contributed by atoms with Gasteiger partial charge < -0.3 is 4.55 Å². The summed E-state index contributed by atoms with van der Waals surface area (Å²) in [6.07, 6.45) is 2.47. The smallest absolute Gasteiger partial charge is 0.112 e. The molecule has 0 bridgehead atoms. The van der Waals surface area contributed by atoms with Gasteiger partial charge in [0.05, 0.1) is 6.26 Å². The van der Waals surface area contributed by atoms with Crippen LogP contribution in [0.3, 0.4) is 0 Å². The highest BCUT2D eigenvalue weighted by atomic mass is 32.2. The van der Waals surface area contributed by atoms with E-state index in [1.54, 1.807) is 6.26 Å². The number of hydrogen-bond acceptors (Lipinski definition) is 1. The van der Waals surface area contributed by atoms with E-state index in [9.17, 15) is 4.55 Å². The molecule has 0 aliphatic heterocycles. The Labute approximate surface area is 48.3 Å². The quantitative estimate of drug-likeness (QED) is 0.497. The van der Waals surface area contributed by atoms with Gasteiger partial charge in [-0.15, -0.1) is 0 Å². The van der Waals surface area contributed by atoms with E-state index in [-0.39, 0.29) is 5.25 Å². The maximum Gasteiger partial charge on any atom is 0.112 e. The molecule has 0 heterocycles. The van der Waals surface area contributed by atoms with Crippen LogP contribution in [0.15, 0.2) is 0 Å². The average Bonchev–Trinajstić information content (AvgIpc) is 1.65. The minimum absolute atomic E-state index is 0.264. The molecule has 0 spiro atoms. The van der Waals surface area contributed by atoms with Gasteiger partial charge in [0.2, 0.25) is 0 Å². The summed E-state index contributed by atoms with van der Waals surface area (Å²) in [5.74, 6) is 0. The van der Waals surface area contributed by atoms with Gasteiger partial charge in [0.15, 0.2) is 0 Å². The Kier molecular flexibility index (Phi) is 3.48. The monoisotopic (exact) mass is 119 g/mol. The lowest BCUT2D eigenvalue weighted by atomic mass is 10.4. The van der Waals surface area contributed by atoms with E-state index >= 15 is 0 Å². The van der Waals surface area contributed by atoms with Gasteiger partial charge in [-0.3, -0.25) is 0 Å². The Bertz CT molecular complexity index is 45.3. The first kappa shape index (κ1) is 7.31. The van der Waals surface area contributed by atoms with E-state index in [4.69, 9.17) is 0 Å². The maximum absolute atomic E-state index is 10.4. The molecule has 0 amide bonds. The predicted molar refractivity (Wildman–Crippen MR) is 33.5 cm³/mol. The van der Waals surface area contributed by atoms with Crippen molar-refractivity contribution in [3.63, 3.8) is 0 Å². The fourth-order valence-electron chi connectivity index (χ4n) is 0.166. The van der Waals surface area contributed by atoms with Crippen molar-refractivity contribution in [2.45, 2.75) is 18.6 Å². The van der Waals surface area contributed by atoms with Gasteiger partial charge in [-0.2, -0.15) is 0 Å². The fraction of sp³-hybridized carbons (Fsp3) is 0.800. The molecule has 0 aromatic rings. The lowest BCUT2D eigenvalue weighted by Crippen LogP contribution is -2.13. The van der Waals surface area contributed by atoms with E-state index in [1.165, 1.54) is 0 Å². The van der Waals surface area contributed by atoms with Crippen LogP contribution < -0.4 is 0 Å². The fourth-order valence-corrected chi connectivity index (χ4v) is 0.498. The highest BCUT2D eigenvalue weighted by Crippen LogP contribution is 2.00. The predicted octanol–water partition coefficient (Wildman–Crippen LogP) is 0.978. The van der Waals surface area contributed by atoms with Crippen LogP contribution in [-0.2, 0) is 11.2 Å². The first-order chi connectivity index (χ1) is 3.18. The van der Waals surface area contributed by atoms with Crippen molar-refractivity contribution in [1.29, 1.82) is 0 Å². The molecule has 0 aromatic heterocycles. The zero-order chi connectivity index (χ0) is 5.86. The average molecular weight is 119 g/mol. The lowest BCUT2D eigenvalue weighted by Gasteiger charge is -2.09. The Balaban J connectivity index is 3.14. The Morgan fingerprint density at radius 1 is 1.86 bits per heavy atom. The summed E-state index contributed by atoms with van der Waals surface area (Å²) in [6, 6.07) is 0. The third kappa shape index (κ3) is 2.94. The van der Waals surface area contributed by atoms with Gasteiger partial charge in [-0.25, -0.2) is 0 Å². The summed E-state index contributed by atoms with van der Waals surface area (Å²) in [4.78, 5) is 0. The second-order valence-corrected chi connectivity index (χ2v) is 3.40. The Hall–Kier alpha value is 0.310. The van der Waals surface area contributed by atoms with E-state index in [0.717, 1.165) is 6.42 Å². The van der Waals surface area contributed by atoms with Crippen molar-refractivity contribution in [3.05, 3.63) is 6.92 Å². The van der Waals surface area contributed by atoms with Gasteiger partial charge in [-0.1, -0.05) is 11.2 Å². The Morgan fingerprint density at radius 3 is 2.29 bits per heavy atom. The minimum atomic E-state index is -0.673. The van der Waals surface area contributed by atoms with Crippen molar-refractivity contribution in [2.24, 2.45) is 0 Å². The molecule has 43 valence electrons. The summed E-state index contributed by atoms with van der Waals surface area (Å²) in [5, 5.41) is 0.264. The summed E-state index contributed by atoms with van der Waals surface area (Å²) in [5.41, 5.74) is 0. The second-order valence-electron chi connectivity index (χ2n) is 1.60. The van der Waals surface area contributed by atoms with Gasteiger partial charge in [0, 0.05) is 0 Å². The molecule has 1 nitrogen and oxygen atoms in total. The summed E-state index contributed by atoms with van der Waals surface area (Å²) in [6.45, 7) is 5.55. The molecular formula is C5H11OS. The van der Waals surface area contributed by atoms with Gasteiger partial charge in [-0.05, 0) is 20.3 Å². The molecule has 2 unspecified atom stereocenters. The maximum atomic E-state index is 10.4. The Morgan fingerprint density at radius 2 is 2.29 bits per heavy atom. The molecule has 0 fully saturated rings. The first-order valence-corrected chi connectivity index (χ1v) is 3.92. The molecule has 0 saturated carbocycles. The molecule has 7 heavy (non-hydrogen) atoms. The van der Waals surface area contributed by atoms with Crippen LogP contribution in [0.5, 0.6) is 0 Å². The van der Waals surface area contributed by atoms with Crippen LogP contribution in [0.1, 0.15) is 13.3 Å². The van der Waals surface area contributed by atoms with E-state index in [1.807, 2.05) is 6.92 Å². The van der Waals surface area contributed by atoms with Crippen LogP contribution in [-0.4, -0.2) is 16.1 Å². The minimum Gasteiger partial charge on any atom is -0.616 e. The highest BCUT2D eigenvalue weighted by Gasteiger charge is 2.05. The largest absolute Gasteiger partial charge is 0.616 e. The zero-order valence-electron chi connectivity index (χ0n) is 4.81. The van der Waals surface area contributed by atoms with Crippen LogP contribution in [0.25, 0.3) is 0 Å². The molecule has 0 rings (SSSR count). The van der Waals surface area contributed by atoms with Crippen LogP contribution in [0.4, 0.5) is 0 Å². The SMILES string of the molecule is [CH2]CC(C)[S+](C)[O-]. The molecule has 1 radical (unpaired) electrons. The molecule has 2 atom stereocenters. The van der Waals surface area contributed by atoms with Crippen LogP contribution >= 0.6 is 0 Å². The number of hydrogen-bond donors (Lipinski definition) is 0. The number of rotatable bonds is 2. The molecule has 0 N–H and O–H groups in total. The third-order valence-corrected chi connectivity index (χ3v) is 2.34. The molecule has 2 heteroatoms.